The first-order valence-electron chi connectivity index (χ1n) is 5.88. The number of carbonyl (C=O) groups excluding carboxylic acids is 1. The molecule has 1 aromatic carbocycles. The van der Waals surface area contributed by atoms with Crippen molar-refractivity contribution < 1.29 is 4.79 Å². The number of anilines is 1. The lowest BCUT2D eigenvalue weighted by Crippen LogP contribution is -2.30. The van der Waals surface area contributed by atoms with Gasteiger partial charge in [-0.25, -0.2) is 4.79 Å². The molecule has 0 aliphatic carbocycles. The molecule has 0 fully saturated rings. The summed E-state index contributed by atoms with van der Waals surface area (Å²) in [6.07, 6.45) is 0.874. The Balaban J connectivity index is 1.73. The van der Waals surface area contributed by atoms with Gasteiger partial charge in [0.05, 0.1) is 0 Å². The van der Waals surface area contributed by atoms with E-state index in [1.807, 2.05) is 42.6 Å². The Hall–Kier alpha value is -1.81. The first kappa shape index (κ1) is 12.6. The Morgan fingerprint density at radius 3 is 2.67 bits per heavy atom. The van der Waals surface area contributed by atoms with E-state index in [0.29, 0.717) is 6.54 Å². The molecule has 2 aromatic rings. The molecule has 2 rings (SSSR count). The van der Waals surface area contributed by atoms with Crippen LogP contribution >= 0.6 is 11.3 Å². The monoisotopic (exact) mass is 260 g/mol. The molecule has 0 aliphatic heterocycles. The molecule has 0 spiro atoms. The fraction of sp³-hybridized carbons (Fsp3) is 0.214. The van der Waals surface area contributed by atoms with Crippen LogP contribution in [0.4, 0.5) is 10.5 Å². The number of hydrogen-bond acceptors (Lipinski definition) is 2. The van der Waals surface area contributed by atoms with E-state index in [4.69, 9.17) is 0 Å². The number of hydrogen-bond donors (Lipinski definition) is 2. The van der Waals surface area contributed by atoms with E-state index < -0.39 is 0 Å². The van der Waals surface area contributed by atoms with E-state index in [1.54, 1.807) is 11.3 Å². The summed E-state index contributed by atoms with van der Waals surface area (Å²) in [7, 11) is 0. The standard InChI is InChI=1S/C14H16N2OS/c1-11-4-6-12(7-5-11)16-14(17)15-9-8-13-3-2-10-18-13/h2-7,10H,8-9H2,1H3,(H2,15,16,17). The lowest BCUT2D eigenvalue weighted by Gasteiger charge is -2.07. The molecule has 0 aliphatic rings. The van der Waals surface area contributed by atoms with Crippen LogP contribution in [0.3, 0.4) is 0 Å². The largest absolute Gasteiger partial charge is 0.338 e. The summed E-state index contributed by atoms with van der Waals surface area (Å²) in [4.78, 5) is 12.9. The van der Waals surface area contributed by atoms with Gasteiger partial charge < -0.3 is 10.6 Å². The molecule has 2 N–H and O–H groups in total. The Labute approximate surface area is 111 Å². The van der Waals surface area contributed by atoms with Crippen LogP contribution in [-0.4, -0.2) is 12.6 Å². The molecular formula is C14H16N2OS. The second-order valence-electron chi connectivity index (χ2n) is 4.08. The molecule has 18 heavy (non-hydrogen) atoms. The van der Waals surface area contributed by atoms with Crippen molar-refractivity contribution in [2.45, 2.75) is 13.3 Å². The zero-order chi connectivity index (χ0) is 12.8. The van der Waals surface area contributed by atoms with Crippen molar-refractivity contribution in [2.24, 2.45) is 0 Å². The predicted octanol–water partition coefficient (Wildman–Crippen LogP) is 3.42. The van der Waals surface area contributed by atoms with E-state index in [9.17, 15) is 4.79 Å². The van der Waals surface area contributed by atoms with Gasteiger partial charge in [0, 0.05) is 17.1 Å². The van der Waals surface area contributed by atoms with Crippen LogP contribution in [0.15, 0.2) is 41.8 Å². The second-order valence-corrected chi connectivity index (χ2v) is 5.11. The molecule has 0 saturated heterocycles. The van der Waals surface area contributed by atoms with E-state index in [2.05, 4.69) is 16.7 Å². The van der Waals surface area contributed by atoms with Crippen LogP contribution in [0.1, 0.15) is 10.4 Å². The summed E-state index contributed by atoms with van der Waals surface area (Å²) < 4.78 is 0. The Kier molecular flexibility index (Phi) is 4.36. The molecule has 0 saturated carbocycles. The zero-order valence-electron chi connectivity index (χ0n) is 10.3. The van der Waals surface area contributed by atoms with Crippen molar-refractivity contribution in [3.05, 3.63) is 52.2 Å². The van der Waals surface area contributed by atoms with Gasteiger partial charge in [-0.1, -0.05) is 23.8 Å². The van der Waals surface area contributed by atoms with E-state index in [1.165, 1.54) is 10.4 Å². The Morgan fingerprint density at radius 1 is 1.22 bits per heavy atom. The summed E-state index contributed by atoms with van der Waals surface area (Å²) in [6.45, 7) is 2.67. The maximum Gasteiger partial charge on any atom is 0.319 e. The van der Waals surface area contributed by atoms with Crippen molar-refractivity contribution in [1.82, 2.24) is 5.32 Å². The summed E-state index contributed by atoms with van der Waals surface area (Å²) in [6, 6.07) is 11.7. The van der Waals surface area contributed by atoms with Gasteiger partial charge >= 0.3 is 6.03 Å². The SMILES string of the molecule is Cc1ccc(NC(=O)NCCc2cccs2)cc1. The summed E-state index contributed by atoms with van der Waals surface area (Å²) in [5.41, 5.74) is 1.99. The summed E-state index contributed by atoms with van der Waals surface area (Å²) >= 11 is 1.71. The van der Waals surface area contributed by atoms with E-state index in [-0.39, 0.29) is 6.03 Å². The van der Waals surface area contributed by atoms with E-state index in [0.717, 1.165) is 12.1 Å². The molecule has 94 valence electrons. The Morgan fingerprint density at radius 2 is 2.00 bits per heavy atom. The van der Waals surface area contributed by atoms with Gasteiger partial charge in [-0.2, -0.15) is 0 Å². The number of nitrogens with one attached hydrogen (secondary N) is 2. The van der Waals surface area contributed by atoms with Crippen LogP contribution in [-0.2, 0) is 6.42 Å². The molecule has 0 unspecified atom stereocenters. The molecule has 0 bridgehead atoms. The van der Waals surface area contributed by atoms with Gasteiger partial charge in [-0.15, -0.1) is 11.3 Å². The molecular weight excluding hydrogens is 244 g/mol. The lowest BCUT2D eigenvalue weighted by atomic mass is 10.2. The van der Waals surface area contributed by atoms with E-state index >= 15 is 0 Å². The van der Waals surface area contributed by atoms with Crippen molar-refractivity contribution in [2.75, 3.05) is 11.9 Å². The fourth-order valence-corrected chi connectivity index (χ4v) is 2.28. The van der Waals surface area contributed by atoms with Crippen LogP contribution in [0.5, 0.6) is 0 Å². The molecule has 1 heterocycles. The highest BCUT2D eigenvalue weighted by atomic mass is 32.1. The normalized spacial score (nSPS) is 10.1. The third-order valence-electron chi connectivity index (χ3n) is 2.55. The Bertz CT molecular complexity index is 491. The molecule has 3 nitrogen and oxygen atoms in total. The van der Waals surface area contributed by atoms with Crippen molar-refractivity contribution in [3.63, 3.8) is 0 Å². The lowest BCUT2D eigenvalue weighted by molar-refractivity contribution is 0.252. The van der Waals surface area contributed by atoms with Crippen molar-refractivity contribution >= 4 is 23.1 Å². The highest BCUT2D eigenvalue weighted by Gasteiger charge is 2.01. The van der Waals surface area contributed by atoms with Gasteiger partial charge in [0.15, 0.2) is 0 Å². The minimum absolute atomic E-state index is 0.157. The number of rotatable bonds is 4. The third kappa shape index (κ3) is 3.89. The van der Waals surface area contributed by atoms with Gasteiger partial charge in [0.1, 0.15) is 0 Å². The van der Waals surface area contributed by atoms with Crippen LogP contribution in [0.25, 0.3) is 0 Å². The van der Waals surface area contributed by atoms with Gasteiger partial charge in [0.25, 0.3) is 0 Å². The smallest absolute Gasteiger partial charge is 0.319 e. The molecule has 1 aromatic heterocycles. The maximum atomic E-state index is 11.6. The molecule has 4 heteroatoms. The topological polar surface area (TPSA) is 41.1 Å². The maximum absolute atomic E-state index is 11.6. The van der Waals surface area contributed by atoms with Gasteiger partial charge in [0.2, 0.25) is 0 Å². The molecule has 2 amide bonds. The first-order chi connectivity index (χ1) is 8.74. The first-order valence-corrected chi connectivity index (χ1v) is 6.76. The third-order valence-corrected chi connectivity index (χ3v) is 3.48. The predicted molar refractivity (Wildman–Crippen MR) is 76.2 cm³/mol. The van der Waals surface area contributed by atoms with Crippen LogP contribution < -0.4 is 10.6 Å². The van der Waals surface area contributed by atoms with Crippen LogP contribution in [0.2, 0.25) is 0 Å². The number of aryl methyl sites for hydroxylation is 1. The van der Waals surface area contributed by atoms with Gasteiger partial charge in [-0.05, 0) is 36.9 Å². The minimum atomic E-state index is -0.157. The average molecular weight is 260 g/mol. The number of amides is 2. The average Bonchev–Trinajstić information content (AvgIpc) is 2.85. The minimum Gasteiger partial charge on any atom is -0.338 e. The second kappa shape index (κ2) is 6.21. The van der Waals surface area contributed by atoms with Crippen LogP contribution in [0, 0.1) is 6.92 Å². The molecule has 0 atom stereocenters. The van der Waals surface area contributed by atoms with Crippen molar-refractivity contribution in [3.8, 4) is 0 Å². The fourth-order valence-electron chi connectivity index (χ4n) is 1.57. The van der Waals surface area contributed by atoms with Crippen molar-refractivity contribution in [1.29, 1.82) is 0 Å². The highest BCUT2D eigenvalue weighted by Crippen LogP contribution is 2.09. The summed E-state index contributed by atoms with van der Waals surface area (Å²) in [5.74, 6) is 0. The zero-order valence-corrected chi connectivity index (χ0v) is 11.1. The number of urea groups is 1. The number of carbonyl (C=O) groups is 1. The quantitative estimate of drug-likeness (QED) is 0.869. The number of thiophene rings is 1. The number of benzene rings is 1. The summed E-state index contributed by atoms with van der Waals surface area (Å²) in [5, 5.41) is 7.69. The molecule has 0 radical (unpaired) electrons. The highest BCUT2D eigenvalue weighted by molar-refractivity contribution is 7.09. The van der Waals surface area contributed by atoms with Gasteiger partial charge in [-0.3, -0.25) is 0 Å².